The van der Waals surface area contributed by atoms with E-state index in [-0.39, 0.29) is 17.2 Å². The fourth-order valence-electron chi connectivity index (χ4n) is 2.10. The predicted molar refractivity (Wildman–Crippen MR) is 80.4 cm³/mol. The zero-order chi connectivity index (χ0) is 16.1. The van der Waals surface area contributed by atoms with Gasteiger partial charge in [-0.1, -0.05) is 13.8 Å². The molecule has 22 heavy (non-hydrogen) atoms. The Balaban J connectivity index is 2.07. The summed E-state index contributed by atoms with van der Waals surface area (Å²) >= 11 is 0. The Labute approximate surface area is 127 Å². The first-order chi connectivity index (χ1) is 10.5. The fraction of sp³-hybridized carbons (Fsp3) is 0.357. The number of nitrogens with zero attached hydrogens (tertiary/aromatic N) is 5. The molecule has 0 saturated heterocycles. The van der Waals surface area contributed by atoms with Crippen LogP contribution in [0.5, 0.6) is 0 Å². The number of hydrogen-bond acceptors (Lipinski definition) is 6. The number of nitro benzene ring substituents is 1. The molecule has 0 aliphatic carbocycles. The van der Waals surface area contributed by atoms with E-state index in [1.165, 1.54) is 6.07 Å². The van der Waals surface area contributed by atoms with Gasteiger partial charge < -0.3 is 9.88 Å². The molecular formula is C14H16N6O2. The SMILES string of the molecule is CC(C)c1nncn1CCNc1ccc(C#N)cc1[N+](=O)[O-]. The second kappa shape index (κ2) is 6.67. The molecule has 0 aliphatic heterocycles. The van der Waals surface area contributed by atoms with E-state index in [4.69, 9.17) is 5.26 Å². The number of benzene rings is 1. The average Bonchev–Trinajstić information content (AvgIpc) is 2.96. The topological polar surface area (TPSA) is 110 Å². The molecule has 0 aliphatic rings. The molecule has 1 heterocycles. The average molecular weight is 300 g/mol. The molecule has 8 heteroatoms. The summed E-state index contributed by atoms with van der Waals surface area (Å²) in [4.78, 5) is 10.6. The second-order valence-electron chi connectivity index (χ2n) is 5.06. The van der Waals surface area contributed by atoms with E-state index in [0.717, 1.165) is 5.82 Å². The standard InChI is InChI=1S/C14H16N6O2/c1-10(2)14-18-17-9-19(14)6-5-16-12-4-3-11(8-15)7-13(12)20(21)22/h3-4,7,9-10,16H,5-6H2,1-2H3. The van der Waals surface area contributed by atoms with Crippen LogP contribution in [0.2, 0.25) is 0 Å². The lowest BCUT2D eigenvalue weighted by molar-refractivity contribution is -0.384. The van der Waals surface area contributed by atoms with Crippen LogP contribution in [0, 0.1) is 21.4 Å². The van der Waals surface area contributed by atoms with Crippen LogP contribution in [0.15, 0.2) is 24.5 Å². The molecule has 0 amide bonds. The molecule has 0 bridgehead atoms. The minimum absolute atomic E-state index is 0.105. The van der Waals surface area contributed by atoms with Crippen molar-refractivity contribution in [1.29, 1.82) is 5.26 Å². The number of anilines is 1. The van der Waals surface area contributed by atoms with Crippen LogP contribution in [0.25, 0.3) is 0 Å². The lowest BCUT2D eigenvalue weighted by Gasteiger charge is -2.11. The Bertz CT molecular complexity index is 716. The van der Waals surface area contributed by atoms with E-state index in [1.54, 1.807) is 18.5 Å². The highest BCUT2D eigenvalue weighted by Gasteiger charge is 2.14. The van der Waals surface area contributed by atoms with E-state index in [2.05, 4.69) is 15.5 Å². The van der Waals surface area contributed by atoms with Gasteiger partial charge in [-0.3, -0.25) is 10.1 Å². The summed E-state index contributed by atoms with van der Waals surface area (Å²) in [5, 5.41) is 30.8. The van der Waals surface area contributed by atoms with Crippen molar-refractivity contribution in [3.63, 3.8) is 0 Å². The van der Waals surface area contributed by atoms with Crippen LogP contribution in [-0.2, 0) is 6.54 Å². The van der Waals surface area contributed by atoms with Crippen LogP contribution >= 0.6 is 0 Å². The summed E-state index contributed by atoms with van der Waals surface area (Å²) in [7, 11) is 0. The van der Waals surface area contributed by atoms with Crippen molar-refractivity contribution in [3.8, 4) is 6.07 Å². The largest absolute Gasteiger partial charge is 0.378 e. The monoisotopic (exact) mass is 300 g/mol. The zero-order valence-corrected chi connectivity index (χ0v) is 12.4. The van der Waals surface area contributed by atoms with Gasteiger partial charge in [-0.25, -0.2) is 0 Å². The van der Waals surface area contributed by atoms with Crippen LogP contribution in [-0.4, -0.2) is 26.2 Å². The van der Waals surface area contributed by atoms with Crippen molar-refractivity contribution >= 4 is 11.4 Å². The third-order valence-electron chi connectivity index (χ3n) is 3.15. The lowest BCUT2D eigenvalue weighted by Crippen LogP contribution is -2.13. The number of hydrogen-bond donors (Lipinski definition) is 1. The molecule has 1 N–H and O–H groups in total. The molecule has 0 fully saturated rings. The fourth-order valence-corrected chi connectivity index (χ4v) is 2.10. The summed E-state index contributed by atoms with van der Waals surface area (Å²) in [5.74, 6) is 1.13. The van der Waals surface area contributed by atoms with E-state index in [9.17, 15) is 10.1 Å². The van der Waals surface area contributed by atoms with E-state index in [1.807, 2.05) is 24.5 Å². The molecule has 2 rings (SSSR count). The summed E-state index contributed by atoms with van der Waals surface area (Å²) in [5.41, 5.74) is 0.549. The van der Waals surface area contributed by atoms with Crippen molar-refractivity contribution < 1.29 is 4.92 Å². The van der Waals surface area contributed by atoms with E-state index >= 15 is 0 Å². The van der Waals surface area contributed by atoms with Gasteiger partial charge in [0.1, 0.15) is 17.8 Å². The van der Waals surface area contributed by atoms with Crippen LogP contribution in [0.4, 0.5) is 11.4 Å². The van der Waals surface area contributed by atoms with E-state index in [0.29, 0.717) is 18.8 Å². The summed E-state index contributed by atoms with van der Waals surface area (Å²) in [6.07, 6.45) is 1.64. The molecule has 0 unspecified atom stereocenters. The van der Waals surface area contributed by atoms with Crippen molar-refractivity contribution in [2.75, 3.05) is 11.9 Å². The first-order valence-corrected chi connectivity index (χ1v) is 6.83. The third-order valence-corrected chi connectivity index (χ3v) is 3.15. The second-order valence-corrected chi connectivity index (χ2v) is 5.06. The Morgan fingerprint density at radius 2 is 2.27 bits per heavy atom. The Morgan fingerprint density at radius 3 is 2.91 bits per heavy atom. The minimum atomic E-state index is -0.499. The summed E-state index contributed by atoms with van der Waals surface area (Å²) < 4.78 is 1.91. The summed E-state index contributed by atoms with van der Waals surface area (Å²) in [6, 6.07) is 6.26. The Hall–Kier alpha value is -2.95. The molecule has 8 nitrogen and oxygen atoms in total. The Kier molecular flexibility index (Phi) is 4.68. The van der Waals surface area contributed by atoms with Crippen molar-refractivity contribution in [2.24, 2.45) is 0 Å². The number of nitriles is 1. The lowest BCUT2D eigenvalue weighted by atomic mass is 10.2. The normalized spacial score (nSPS) is 10.5. The third kappa shape index (κ3) is 3.38. The molecule has 0 spiro atoms. The molecule has 0 saturated carbocycles. The van der Waals surface area contributed by atoms with E-state index < -0.39 is 4.92 Å². The number of rotatable bonds is 6. The summed E-state index contributed by atoms with van der Waals surface area (Å²) in [6.45, 7) is 5.14. The van der Waals surface area contributed by atoms with Gasteiger partial charge in [0.2, 0.25) is 0 Å². The smallest absolute Gasteiger partial charge is 0.293 e. The minimum Gasteiger partial charge on any atom is -0.378 e. The molecular weight excluding hydrogens is 284 g/mol. The van der Waals surface area contributed by atoms with Gasteiger partial charge in [0, 0.05) is 25.1 Å². The van der Waals surface area contributed by atoms with Gasteiger partial charge in [0.05, 0.1) is 16.6 Å². The quantitative estimate of drug-likeness (QED) is 0.647. The highest BCUT2D eigenvalue weighted by atomic mass is 16.6. The van der Waals surface area contributed by atoms with Crippen molar-refractivity contribution in [1.82, 2.24) is 14.8 Å². The van der Waals surface area contributed by atoms with Crippen LogP contribution in [0.3, 0.4) is 0 Å². The van der Waals surface area contributed by atoms with Gasteiger partial charge in [0.15, 0.2) is 0 Å². The van der Waals surface area contributed by atoms with Gasteiger partial charge in [-0.2, -0.15) is 5.26 Å². The Morgan fingerprint density at radius 1 is 1.50 bits per heavy atom. The first kappa shape index (κ1) is 15.4. The maximum atomic E-state index is 11.1. The first-order valence-electron chi connectivity index (χ1n) is 6.83. The van der Waals surface area contributed by atoms with Gasteiger partial charge in [0.25, 0.3) is 5.69 Å². The van der Waals surface area contributed by atoms with Gasteiger partial charge in [-0.15, -0.1) is 10.2 Å². The predicted octanol–water partition coefficient (Wildman–Crippen LogP) is 2.29. The maximum Gasteiger partial charge on any atom is 0.293 e. The van der Waals surface area contributed by atoms with Crippen molar-refractivity contribution in [2.45, 2.75) is 26.3 Å². The van der Waals surface area contributed by atoms with Crippen molar-refractivity contribution in [3.05, 3.63) is 46.0 Å². The maximum absolute atomic E-state index is 11.1. The van der Waals surface area contributed by atoms with Gasteiger partial charge in [-0.05, 0) is 12.1 Å². The number of nitrogens with one attached hydrogen (secondary N) is 1. The van der Waals surface area contributed by atoms with Gasteiger partial charge >= 0.3 is 0 Å². The highest BCUT2D eigenvalue weighted by Crippen LogP contribution is 2.25. The van der Waals surface area contributed by atoms with Crippen LogP contribution < -0.4 is 5.32 Å². The molecule has 0 radical (unpaired) electrons. The molecule has 2 aromatic rings. The van der Waals surface area contributed by atoms with Crippen LogP contribution in [0.1, 0.15) is 31.2 Å². The zero-order valence-electron chi connectivity index (χ0n) is 12.4. The molecule has 114 valence electrons. The number of aromatic nitrogens is 3. The number of nitro groups is 1. The molecule has 0 atom stereocenters. The molecule has 1 aromatic carbocycles. The molecule has 1 aromatic heterocycles. The highest BCUT2D eigenvalue weighted by molar-refractivity contribution is 5.63.